The highest BCUT2D eigenvalue weighted by Crippen LogP contribution is 2.34. The number of halogens is 2. The first kappa shape index (κ1) is 15.9. The van der Waals surface area contributed by atoms with Crippen molar-refractivity contribution in [2.45, 2.75) is 13.3 Å². The minimum Gasteiger partial charge on any atom is -0.461 e. The third-order valence-corrected chi connectivity index (χ3v) is 4.49. The molecule has 1 nitrogen and oxygen atoms in total. The van der Waals surface area contributed by atoms with Crippen molar-refractivity contribution in [1.82, 2.24) is 0 Å². The van der Waals surface area contributed by atoms with Crippen LogP contribution in [0.25, 0.3) is 22.1 Å². The van der Waals surface area contributed by atoms with E-state index in [9.17, 15) is 4.39 Å². The molecule has 25 heavy (non-hydrogen) atoms. The van der Waals surface area contributed by atoms with Gasteiger partial charge in [-0.15, -0.1) is 0 Å². The largest absolute Gasteiger partial charge is 0.461 e. The van der Waals surface area contributed by atoms with Crippen molar-refractivity contribution >= 4 is 22.6 Å². The summed E-state index contributed by atoms with van der Waals surface area (Å²) in [5, 5.41) is 1.75. The van der Waals surface area contributed by atoms with E-state index < -0.39 is 0 Å². The summed E-state index contributed by atoms with van der Waals surface area (Å²) >= 11 is 6.17. The van der Waals surface area contributed by atoms with E-state index in [1.807, 2.05) is 49.4 Å². The maximum Gasteiger partial charge on any atom is 0.142 e. The lowest BCUT2D eigenvalue weighted by molar-refractivity contribution is 0.579. The Morgan fingerprint density at radius 2 is 1.72 bits per heavy atom. The van der Waals surface area contributed by atoms with Gasteiger partial charge in [0, 0.05) is 16.0 Å². The third-order valence-electron chi connectivity index (χ3n) is 4.26. The van der Waals surface area contributed by atoms with E-state index >= 15 is 0 Å². The van der Waals surface area contributed by atoms with Crippen LogP contribution in [0.3, 0.4) is 0 Å². The number of hydrogen-bond donors (Lipinski definition) is 0. The molecule has 0 N–H and O–H groups in total. The molecule has 124 valence electrons. The second-order valence-electron chi connectivity index (χ2n) is 6.23. The van der Waals surface area contributed by atoms with E-state index in [2.05, 4.69) is 12.1 Å². The molecule has 3 aromatic carbocycles. The Morgan fingerprint density at radius 1 is 0.920 bits per heavy atom. The first-order valence-corrected chi connectivity index (χ1v) is 8.50. The minimum atomic E-state index is -0.218. The zero-order valence-electron chi connectivity index (χ0n) is 13.7. The number of aryl methyl sites for hydroxylation is 1. The fourth-order valence-corrected chi connectivity index (χ4v) is 3.34. The SMILES string of the molecule is Cc1cc2cc(Cc3ccc(F)cc3)cc(-c3cccc(Cl)c3)c2o1. The Morgan fingerprint density at radius 3 is 2.48 bits per heavy atom. The molecule has 0 atom stereocenters. The number of benzene rings is 3. The fraction of sp³-hybridized carbons (Fsp3) is 0.0909. The molecular formula is C22H16ClFO. The van der Waals surface area contributed by atoms with Crippen LogP contribution in [0.4, 0.5) is 4.39 Å². The Kier molecular flexibility index (Phi) is 4.06. The van der Waals surface area contributed by atoms with E-state index in [4.69, 9.17) is 16.0 Å². The standard InChI is InChI=1S/C22H16ClFO/c1-14-9-18-11-16(10-15-5-7-20(24)8-6-15)12-21(22(18)25-14)17-3-2-4-19(23)13-17/h2-9,11-13H,10H2,1H3. The maximum absolute atomic E-state index is 13.1. The summed E-state index contributed by atoms with van der Waals surface area (Å²) in [5.74, 6) is 0.654. The molecule has 0 aliphatic carbocycles. The van der Waals surface area contributed by atoms with Crippen LogP contribution in [0.5, 0.6) is 0 Å². The van der Waals surface area contributed by atoms with Gasteiger partial charge in [0.2, 0.25) is 0 Å². The smallest absolute Gasteiger partial charge is 0.142 e. The van der Waals surface area contributed by atoms with Crippen LogP contribution in [-0.4, -0.2) is 0 Å². The first-order valence-electron chi connectivity index (χ1n) is 8.12. The fourth-order valence-electron chi connectivity index (χ4n) is 3.15. The summed E-state index contributed by atoms with van der Waals surface area (Å²) in [5.41, 5.74) is 5.12. The molecule has 0 aliphatic heterocycles. The molecule has 0 spiro atoms. The highest BCUT2D eigenvalue weighted by molar-refractivity contribution is 6.30. The van der Waals surface area contributed by atoms with Gasteiger partial charge in [-0.05, 0) is 72.5 Å². The zero-order chi connectivity index (χ0) is 17.4. The predicted molar refractivity (Wildman–Crippen MR) is 101 cm³/mol. The molecule has 1 aromatic heterocycles. The van der Waals surface area contributed by atoms with Gasteiger partial charge in [-0.3, -0.25) is 0 Å². The third kappa shape index (κ3) is 3.31. The van der Waals surface area contributed by atoms with Crippen molar-refractivity contribution in [1.29, 1.82) is 0 Å². The molecule has 0 bridgehead atoms. The van der Waals surface area contributed by atoms with Crippen molar-refractivity contribution in [2.24, 2.45) is 0 Å². The lowest BCUT2D eigenvalue weighted by Crippen LogP contribution is -1.90. The number of rotatable bonds is 3. The van der Waals surface area contributed by atoms with Gasteiger partial charge in [0.1, 0.15) is 17.2 Å². The summed E-state index contributed by atoms with van der Waals surface area (Å²) in [4.78, 5) is 0. The molecule has 0 unspecified atom stereocenters. The van der Waals surface area contributed by atoms with Crippen molar-refractivity contribution in [2.75, 3.05) is 0 Å². The Balaban J connectivity index is 1.84. The van der Waals surface area contributed by atoms with Gasteiger partial charge in [0.25, 0.3) is 0 Å². The van der Waals surface area contributed by atoms with Crippen LogP contribution in [-0.2, 0) is 6.42 Å². The monoisotopic (exact) mass is 350 g/mol. The Labute approximate surface area is 150 Å². The van der Waals surface area contributed by atoms with Crippen LogP contribution in [0.1, 0.15) is 16.9 Å². The Hall–Kier alpha value is -2.58. The Bertz CT molecular complexity index is 1050. The van der Waals surface area contributed by atoms with Gasteiger partial charge in [-0.1, -0.05) is 35.9 Å². The average Bonchev–Trinajstić information content (AvgIpc) is 2.96. The van der Waals surface area contributed by atoms with E-state index in [0.717, 1.165) is 45.4 Å². The topological polar surface area (TPSA) is 13.1 Å². The quantitative estimate of drug-likeness (QED) is 0.396. The number of hydrogen-bond acceptors (Lipinski definition) is 1. The highest BCUT2D eigenvalue weighted by Gasteiger charge is 2.12. The molecule has 0 amide bonds. The normalized spacial score (nSPS) is 11.2. The summed E-state index contributed by atoms with van der Waals surface area (Å²) in [6, 6.07) is 20.7. The molecule has 0 radical (unpaired) electrons. The van der Waals surface area contributed by atoms with Crippen molar-refractivity contribution in [3.8, 4) is 11.1 Å². The van der Waals surface area contributed by atoms with Gasteiger partial charge >= 0.3 is 0 Å². The molecule has 0 saturated carbocycles. The summed E-state index contributed by atoms with van der Waals surface area (Å²) in [6.07, 6.45) is 0.730. The lowest BCUT2D eigenvalue weighted by Gasteiger charge is -2.08. The minimum absolute atomic E-state index is 0.218. The highest BCUT2D eigenvalue weighted by atomic mass is 35.5. The predicted octanol–water partition coefficient (Wildman–Crippen LogP) is 6.79. The molecule has 0 fully saturated rings. The molecule has 1 heterocycles. The average molecular weight is 351 g/mol. The molecule has 0 aliphatic rings. The molecule has 4 rings (SSSR count). The van der Waals surface area contributed by atoms with Gasteiger partial charge in [-0.25, -0.2) is 4.39 Å². The lowest BCUT2D eigenvalue weighted by atomic mass is 9.97. The van der Waals surface area contributed by atoms with Gasteiger partial charge < -0.3 is 4.42 Å². The van der Waals surface area contributed by atoms with Crippen LogP contribution in [0, 0.1) is 12.7 Å². The van der Waals surface area contributed by atoms with E-state index in [0.29, 0.717) is 5.02 Å². The van der Waals surface area contributed by atoms with Gasteiger partial charge in [0.05, 0.1) is 0 Å². The molecule has 0 saturated heterocycles. The first-order chi connectivity index (χ1) is 12.1. The van der Waals surface area contributed by atoms with Gasteiger partial charge in [0.15, 0.2) is 0 Å². The summed E-state index contributed by atoms with van der Waals surface area (Å²) in [7, 11) is 0. The number of fused-ring (bicyclic) bond motifs is 1. The van der Waals surface area contributed by atoms with E-state index in [1.165, 1.54) is 12.1 Å². The van der Waals surface area contributed by atoms with Crippen LogP contribution in [0.2, 0.25) is 5.02 Å². The van der Waals surface area contributed by atoms with Crippen LogP contribution >= 0.6 is 11.6 Å². The maximum atomic E-state index is 13.1. The molecular weight excluding hydrogens is 335 g/mol. The van der Waals surface area contributed by atoms with Crippen LogP contribution in [0.15, 0.2) is 71.1 Å². The second kappa shape index (κ2) is 6.38. The second-order valence-corrected chi connectivity index (χ2v) is 6.67. The molecule has 4 aromatic rings. The van der Waals surface area contributed by atoms with Crippen molar-refractivity contribution < 1.29 is 8.81 Å². The van der Waals surface area contributed by atoms with Crippen molar-refractivity contribution in [3.05, 3.63) is 94.5 Å². The van der Waals surface area contributed by atoms with Crippen LogP contribution < -0.4 is 0 Å². The van der Waals surface area contributed by atoms with Crippen molar-refractivity contribution in [3.63, 3.8) is 0 Å². The van der Waals surface area contributed by atoms with E-state index in [-0.39, 0.29) is 5.82 Å². The zero-order valence-corrected chi connectivity index (χ0v) is 14.5. The number of furan rings is 1. The summed E-state index contributed by atoms with van der Waals surface area (Å²) < 4.78 is 19.1. The molecule has 3 heteroatoms. The summed E-state index contributed by atoms with van der Waals surface area (Å²) in [6.45, 7) is 1.95. The van der Waals surface area contributed by atoms with E-state index in [1.54, 1.807) is 0 Å². The van der Waals surface area contributed by atoms with Gasteiger partial charge in [-0.2, -0.15) is 0 Å².